The molecule has 1 aromatic carbocycles. The van der Waals surface area contributed by atoms with E-state index in [1.54, 1.807) is 25.3 Å². The van der Waals surface area contributed by atoms with Gasteiger partial charge in [-0.2, -0.15) is 0 Å². The molecular weight excluding hydrogens is 287 g/mol. The second-order valence-electron chi connectivity index (χ2n) is 4.40. The number of nitrogens with two attached hydrogens (primary N) is 1. The van der Waals surface area contributed by atoms with Gasteiger partial charge in [0, 0.05) is 18.3 Å². The predicted molar refractivity (Wildman–Crippen MR) is 83.0 cm³/mol. The molecule has 1 aromatic heterocycles. The number of anilines is 3. The fourth-order valence-electron chi connectivity index (χ4n) is 1.85. The van der Waals surface area contributed by atoms with Crippen LogP contribution in [0.2, 0.25) is 0 Å². The number of halogens is 1. The van der Waals surface area contributed by atoms with E-state index < -0.39 is 11.9 Å². The Bertz CT molecular complexity index is 649. The summed E-state index contributed by atoms with van der Waals surface area (Å²) in [4.78, 5) is 15.5. The van der Waals surface area contributed by atoms with E-state index in [-0.39, 0.29) is 24.4 Å². The number of nitrogens with one attached hydrogen (secondary N) is 2. The van der Waals surface area contributed by atoms with Crippen molar-refractivity contribution in [1.29, 1.82) is 0 Å². The van der Waals surface area contributed by atoms with Gasteiger partial charge in [-0.3, -0.25) is 5.32 Å². The molecule has 1 amide bonds. The molecule has 2 aromatic rings. The number of nitrogen functional groups attached to an aromatic ring is 1. The number of hydrogen-bond donors (Lipinski definition) is 3. The Labute approximate surface area is 127 Å². The molecule has 0 unspecified atom stereocenters. The molecule has 0 fully saturated rings. The average molecular weight is 304 g/mol. The minimum Gasteiger partial charge on any atom is -0.450 e. The summed E-state index contributed by atoms with van der Waals surface area (Å²) < 4.78 is 18.7. The van der Waals surface area contributed by atoms with Crippen LogP contribution in [-0.4, -0.2) is 17.7 Å². The molecule has 0 aliphatic rings. The van der Waals surface area contributed by atoms with Gasteiger partial charge >= 0.3 is 6.09 Å². The summed E-state index contributed by atoms with van der Waals surface area (Å²) in [7, 11) is 0. The van der Waals surface area contributed by atoms with Gasteiger partial charge in [0.15, 0.2) is 0 Å². The molecule has 1 heterocycles. The molecular formula is C15H17FN4O2. The highest BCUT2D eigenvalue weighted by Crippen LogP contribution is 2.26. The molecule has 2 rings (SSSR count). The summed E-state index contributed by atoms with van der Waals surface area (Å²) in [5.41, 5.74) is 6.62. The first-order valence-corrected chi connectivity index (χ1v) is 6.77. The number of carbonyl (C=O) groups is 1. The fourth-order valence-corrected chi connectivity index (χ4v) is 1.85. The van der Waals surface area contributed by atoms with Crippen molar-refractivity contribution in [1.82, 2.24) is 4.98 Å². The Morgan fingerprint density at radius 2 is 2.18 bits per heavy atom. The second kappa shape index (κ2) is 7.26. The Kier molecular flexibility index (Phi) is 5.13. The Balaban J connectivity index is 2.14. The van der Waals surface area contributed by atoms with Crippen LogP contribution in [0.3, 0.4) is 0 Å². The van der Waals surface area contributed by atoms with Crippen LogP contribution in [0.25, 0.3) is 0 Å². The van der Waals surface area contributed by atoms with Crippen LogP contribution in [-0.2, 0) is 11.3 Å². The predicted octanol–water partition coefficient (Wildman–Crippen LogP) is 2.98. The smallest absolute Gasteiger partial charge is 0.411 e. The van der Waals surface area contributed by atoms with E-state index in [9.17, 15) is 9.18 Å². The van der Waals surface area contributed by atoms with Crippen molar-refractivity contribution in [2.45, 2.75) is 13.5 Å². The lowest BCUT2D eigenvalue weighted by Gasteiger charge is -2.14. The minimum atomic E-state index is -0.635. The third kappa shape index (κ3) is 3.85. The number of carbonyl (C=O) groups excluding carboxylic acids is 1. The maximum Gasteiger partial charge on any atom is 0.411 e. The average Bonchev–Trinajstić information content (AvgIpc) is 2.51. The van der Waals surface area contributed by atoms with Crippen LogP contribution in [0.15, 0.2) is 36.5 Å². The van der Waals surface area contributed by atoms with Crippen LogP contribution in [0.1, 0.15) is 12.5 Å². The lowest BCUT2D eigenvalue weighted by Crippen LogP contribution is -2.16. The molecule has 7 heteroatoms. The van der Waals surface area contributed by atoms with Gasteiger partial charge in [0.1, 0.15) is 11.6 Å². The summed E-state index contributed by atoms with van der Waals surface area (Å²) in [6.07, 6.45) is 0.991. The van der Waals surface area contributed by atoms with Crippen molar-refractivity contribution in [3.63, 3.8) is 0 Å². The van der Waals surface area contributed by atoms with Gasteiger partial charge in [0.2, 0.25) is 0 Å². The van der Waals surface area contributed by atoms with Crippen LogP contribution in [0.4, 0.5) is 26.4 Å². The largest absolute Gasteiger partial charge is 0.450 e. The van der Waals surface area contributed by atoms with E-state index in [2.05, 4.69) is 15.6 Å². The Morgan fingerprint density at radius 1 is 1.36 bits per heavy atom. The minimum absolute atomic E-state index is 0.146. The van der Waals surface area contributed by atoms with Gasteiger partial charge in [-0.15, -0.1) is 0 Å². The normalized spacial score (nSPS) is 10.1. The first-order valence-electron chi connectivity index (χ1n) is 6.77. The zero-order valence-electron chi connectivity index (χ0n) is 12.1. The van der Waals surface area contributed by atoms with E-state index >= 15 is 0 Å². The van der Waals surface area contributed by atoms with E-state index in [1.165, 1.54) is 12.1 Å². The van der Waals surface area contributed by atoms with E-state index in [1.807, 2.05) is 6.07 Å². The number of aromatic nitrogens is 1. The number of nitrogens with zero attached hydrogens (tertiary/aromatic N) is 1. The molecule has 0 spiro atoms. The number of benzene rings is 1. The number of hydrogen-bond acceptors (Lipinski definition) is 5. The monoisotopic (exact) mass is 304 g/mol. The van der Waals surface area contributed by atoms with Crippen molar-refractivity contribution in [3.8, 4) is 0 Å². The zero-order chi connectivity index (χ0) is 15.9. The van der Waals surface area contributed by atoms with Gasteiger partial charge in [-0.25, -0.2) is 14.2 Å². The molecule has 0 saturated heterocycles. The van der Waals surface area contributed by atoms with Crippen molar-refractivity contribution >= 4 is 23.3 Å². The van der Waals surface area contributed by atoms with Crippen LogP contribution < -0.4 is 16.4 Å². The first kappa shape index (κ1) is 15.6. The summed E-state index contributed by atoms with van der Waals surface area (Å²) in [6, 6.07) is 7.99. The fraction of sp³-hybridized carbons (Fsp3) is 0.200. The maximum atomic E-state index is 13.9. The molecule has 4 N–H and O–H groups in total. The Morgan fingerprint density at radius 3 is 2.86 bits per heavy atom. The summed E-state index contributed by atoms with van der Waals surface area (Å²) in [5.74, 6) is 0.139. The molecule has 0 atom stereocenters. The number of rotatable bonds is 5. The zero-order valence-corrected chi connectivity index (χ0v) is 12.1. The quantitative estimate of drug-likeness (QED) is 0.739. The van der Waals surface area contributed by atoms with Crippen molar-refractivity contribution in [3.05, 3.63) is 47.9 Å². The molecule has 6 nitrogen and oxygen atoms in total. The topological polar surface area (TPSA) is 89.3 Å². The summed E-state index contributed by atoms with van der Waals surface area (Å²) >= 11 is 0. The van der Waals surface area contributed by atoms with Gasteiger partial charge in [0.25, 0.3) is 0 Å². The van der Waals surface area contributed by atoms with Crippen molar-refractivity contribution in [2.24, 2.45) is 0 Å². The molecule has 0 saturated carbocycles. The van der Waals surface area contributed by atoms with E-state index in [0.717, 1.165) is 0 Å². The summed E-state index contributed by atoms with van der Waals surface area (Å²) in [6.45, 7) is 2.07. The number of pyridine rings is 1. The Hall–Kier alpha value is -2.83. The number of amides is 1. The van der Waals surface area contributed by atoms with Gasteiger partial charge in [-0.1, -0.05) is 6.07 Å². The molecule has 0 radical (unpaired) electrons. The van der Waals surface area contributed by atoms with Crippen LogP contribution in [0, 0.1) is 5.82 Å². The molecule has 22 heavy (non-hydrogen) atoms. The van der Waals surface area contributed by atoms with Crippen molar-refractivity contribution in [2.75, 3.05) is 23.0 Å². The molecule has 0 aliphatic carbocycles. The van der Waals surface area contributed by atoms with Crippen LogP contribution >= 0.6 is 0 Å². The third-order valence-corrected chi connectivity index (χ3v) is 2.92. The van der Waals surface area contributed by atoms with E-state index in [0.29, 0.717) is 11.5 Å². The summed E-state index contributed by atoms with van der Waals surface area (Å²) in [5, 5.41) is 5.45. The highest BCUT2D eigenvalue weighted by atomic mass is 19.1. The molecule has 0 aliphatic heterocycles. The highest BCUT2D eigenvalue weighted by molar-refractivity contribution is 5.89. The number of ether oxygens (including phenoxy) is 1. The van der Waals surface area contributed by atoms with E-state index in [4.69, 9.17) is 10.5 Å². The SMILES string of the molecule is CCOC(=O)Nc1ccc(F)c(CNc2ccccn2)c1N. The lowest BCUT2D eigenvalue weighted by molar-refractivity contribution is 0.168. The first-order chi connectivity index (χ1) is 10.6. The lowest BCUT2D eigenvalue weighted by atomic mass is 10.1. The maximum absolute atomic E-state index is 13.9. The van der Waals surface area contributed by atoms with Crippen LogP contribution in [0.5, 0.6) is 0 Å². The highest BCUT2D eigenvalue weighted by Gasteiger charge is 2.13. The van der Waals surface area contributed by atoms with Gasteiger partial charge in [-0.05, 0) is 31.2 Å². The molecule has 0 bridgehead atoms. The molecule has 116 valence electrons. The van der Waals surface area contributed by atoms with Crippen molar-refractivity contribution < 1.29 is 13.9 Å². The van der Waals surface area contributed by atoms with Gasteiger partial charge in [0.05, 0.1) is 18.0 Å². The third-order valence-electron chi connectivity index (χ3n) is 2.92. The second-order valence-corrected chi connectivity index (χ2v) is 4.40. The standard InChI is InChI=1S/C15H17FN4O2/c1-2-22-15(21)20-12-7-6-11(16)10(14(12)17)9-19-13-5-3-4-8-18-13/h3-8H,2,9,17H2,1H3,(H,18,19)(H,20,21). The van der Waals surface area contributed by atoms with Gasteiger partial charge < -0.3 is 15.8 Å².